The summed E-state index contributed by atoms with van der Waals surface area (Å²) in [6.45, 7) is 2.09. The van der Waals surface area contributed by atoms with Gasteiger partial charge in [-0.3, -0.25) is 4.79 Å². The van der Waals surface area contributed by atoms with Crippen LogP contribution in [0.3, 0.4) is 0 Å². The minimum atomic E-state index is 0.0380. The molecule has 0 saturated heterocycles. The van der Waals surface area contributed by atoms with Crippen LogP contribution in [0.4, 0.5) is 5.69 Å². The number of hydrogen-bond donors (Lipinski definition) is 1. The molecule has 3 nitrogen and oxygen atoms in total. The van der Waals surface area contributed by atoms with Crippen molar-refractivity contribution in [1.29, 1.82) is 0 Å². The number of pyridine rings is 1. The lowest BCUT2D eigenvalue weighted by Gasteiger charge is -2.17. The predicted molar refractivity (Wildman–Crippen MR) is 125 cm³/mol. The van der Waals surface area contributed by atoms with Crippen molar-refractivity contribution in [3.05, 3.63) is 90.5 Å². The zero-order valence-corrected chi connectivity index (χ0v) is 17.4. The quantitative estimate of drug-likeness (QED) is 0.424. The van der Waals surface area contributed by atoms with Crippen molar-refractivity contribution >= 4 is 23.4 Å². The summed E-state index contributed by atoms with van der Waals surface area (Å²) in [6.07, 6.45) is 0. The van der Waals surface area contributed by atoms with Gasteiger partial charge < -0.3 is 5.32 Å². The van der Waals surface area contributed by atoms with Crippen LogP contribution in [0.1, 0.15) is 5.56 Å². The van der Waals surface area contributed by atoms with Gasteiger partial charge in [-0.1, -0.05) is 66.2 Å². The van der Waals surface area contributed by atoms with E-state index in [1.165, 1.54) is 5.56 Å². The van der Waals surface area contributed by atoms with Crippen molar-refractivity contribution in [3.8, 4) is 33.6 Å². The summed E-state index contributed by atoms with van der Waals surface area (Å²) in [5.41, 5.74) is 8.24. The van der Waals surface area contributed by atoms with E-state index in [0.717, 1.165) is 44.2 Å². The standard InChI is InChI=1S/C26H20N2OS/c1-17-7-9-19(10-8-17)22-14-21(18-5-3-2-4-6-18)15-23(27-22)20-11-12-25-24(13-20)28-26(29)16-30-25/h2-15H,16H2,1H3,(H,28,29). The maximum atomic E-state index is 11.8. The molecule has 0 unspecified atom stereocenters. The second kappa shape index (κ2) is 7.81. The van der Waals surface area contributed by atoms with Crippen molar-refractivity contribution in [2.75, 3.05) is 11.1 Å². The van der Waals surface area contributed by atoms with Crippen LogP contribution in [-0.2, 0) is 4.79 Å². The summed E-state index contributed by atoms with van der Waals surface area (Å²) in [6, 6.07) is 29.2. The molecule has 0 atom stereocenters. The van der Waals surface area contributed by atoms with E-state index in [9.17, 15) is 4.79 Å². The van der Waals surface area contributed by atoms with Gasteiger partial charge in [-0.25, -0.2) is 4.98 Å². The monoisotopic (exact) mass is 408 g/mol. The molecule has 5 rings (SSSR count). The number of nitrogens with zero attached hydrogens (tertiary/aromatic N) is 1. The summed E-state index contributed by atoms with van der Waals surface area (Å²) in [5, 5.41) is 2.98. The van der Waals surface area contributed by atoms with Crippen molar-refractivity contribution in [2.45, 2.75) is 11.8 Å². The number of fused-ring (bicyclic) bond motifs is 1. The molecule has 4 aromatic rings. The molecule has 1 amide bonds. The molecule has 0 spiro atoms. The highest BCUT2D eigenvalue weighted by atomic mass is 32.2. The molecule has 0 radical (unpaired) electrons. The fourth-order valence-electron chi connectivity index (χ4n) is 3.59. The van der Waals surface area contributed by atoms with Gasteiger partial charge in [0.25, 0.3) is 0 Å². The van der Waals surface area contributed by atoms with Crippen molar-refractivity contribution < 1.29 is 4.79 Å². The molecule has 3 aromatic carbocycles. The first kappa shape index (κ1) is 18.6. The minimum absolute atomic E-state index is 0.0380. The molecule has 4 heteroatoms. The molecule has 0 bridgehead atoms. The Balaban J connectivity index is 1.66. The second-order valence-corrected chi connectivity index (χ2v) is 8.42. The Morgan fingerprint density at radius 1 is 0.767 bits per heavy atom. The lowest BCUT2D eigenvalue weighted by molar-refractivity contribution is -0.113. The molecular weight excluding hydrogens is 388 g/mol. The lowest BCUT2D eigenvalue weighted by Crippen LogP contribution is -2.18. The van der Waals surface area contributed by atoms with Crippen molar-refractivity contribution in [1.82, 2.24) is 4.98 Å². The predicted octanol–water partition coefficient (Wildman–Crippen LogP) is 6.44. The number of anilines is 1. The Morgan fingerprint density at radius 3 is 2.23 bits per heavy atom. The Morgan fingerprint density at radius 2 is 1.47 bits per heavy atom. The van der Waals surface area contributed by atoms with E-state index < -0.39 is 0 Å². The van der Waals surface area contributed by atoms with Crippen LogP contribution >= 0.6 is 11.8 Å². The molecule has 0 fully saturated rings. The first-order valence-corrected chi connectivity index (χ1v) is 10.9. The molecule has 1 N–H and O–H groups in total. The number of carbonyl (C=O) groups is 1. The van der Waals surface area contributed by atoms with E-state index >= 15 is 0 Å². The van der Waals surface area contributed by atoms with Crippen LogP contribution in [0.2, 0.25) is 0 Å². The SMILES string of the molecule is Cc1ccc(-c2cc(-c3ccccc3)cc(-c3ccc4c(c3)NC(=O)CS4)n2)cc1. The first-order chi connectivity index (χ1) is 14.7. The van der Waals surface area contributed by atoms with E-state index in [1.54, 1.807) is 11.8 Å². The van der Waals surface area contributed by atoms with Gasteiger partial charge in [0.1, 0.15) is 0 Å². The largest absolute Gasteiger partial charge is 0.324 e. The van der Waals surface area contributed by atoms with Crippen LogP contribution in [0.25, 0.3) is 33.6 Å². The van der Waals surface area contributed by atoms with Crippen molar-refractivity contribution in [3.63, 3.8) is 0 Å². The molecule has 1 aliphatic rings. The zero-order valence-electron chi connectivity index (χ0n) is 16.6. The number of nitrogens with one attached hydrogen (secondary N) is 1. The average Bonchev–Trinajstić information content (AvgIpc) is 2.79. The summed E-state index contributed by atoms with van der Waals surface area (Å²) >= 11 is 1.57. The molecule has 146 valence electrons. The molecular formula is C26H20N2OS. The lowest BCUT2D eigenvalue weighted by atomic mass is 9.99. The highest BCUT2D eigenvalue weighted by Crippen LogP contribution is 2.36. The topological polar surface area (TPSA) is 42.0 Å². The van der Waals surface area contributed by atoms with E-state index in [0.29, 0.717) is 5.75 Å². The van der Waals surface area contributed by atoms with E-state index in [4.69, 9.17) is 4.98 Å². The number of carbonyl (C=O) groups excluding carboxylic acids is 1. The van der Waals surface area contributed by atoms with Gasteiger partial charge in [0.15, 0.2) is 0 Å². The fraction of sp³-hybridized carbons (Fsp3) is 0.0769. The summed E-state index contributed by atoms with van der Waals surface area (Å²) in [5.74, 6) is 0.502. The summed E-state index contributed by atoms with van der Waals surface area (Å²) in [7, 11) is 0. The van der Waals surface area contributed by atoms with Crippen LogP contribution < -0.4 is 5.32 Å². The van der Waals surface area contributed by atoms with Crippen LogP contribution in [0.5, 0.6) is 0 Å². The van der Waals surface area contributed by atoms with E-state index in [2.05, 4.69) is 72.9 Å². The number of rotatable bonds is 3. The highest BCUT2D eigenvalue weighted by Gasteiger charge is 2.17. The molecule has 1 aromatic heterocycles. The summed E-state index contributed by atoms with van der Waals surface area (Å²) in [4.78, 5) is 17.9. The third kappa shape index (κ3) is 3.74. The number of benzene rings is 3. The number of amides is 1. The molecule has 0 saturated carbocycles. The third-order valence-electron chi connectivity index (χ3n) is 5.19. The van der Waals surface area contributed by atoms with E-state index in [-0.39, 0.29) is 5.91 Å². The number of aryl methyl sites for hydroxylation is 1. The van der Waals surface area contributed by atoms with Crippen molar-refractivity contribution in [2.24, 2.45) is 0 Å². The van der Waals surface area contributed by atoms with Gasteiger partial charge >= 0.3 is 0 Å². The van der Waals surface area contributed by atoms with Gasteiger partial charge in [0.05, 0.1) is 22.8 Å². The van der Waals surface area contributed by atoms with Crippen LogP contribution in [0, 0.1) is 6.92 Å². The summed E-state index contributed by atoms with van der Waals surface area (Å²) < 4.78 is 0. The first-order valence-electron chi connectivity index (χ1n) is 9.87. The Kier molecular flexibility index (Phi) is 4.85. The minimum Gasteiger partial charge on any atom is -0.324 e. The number of thioether (sulfide) groups is 1. The Labute approximate surface area is 180 Å². The maximum Gasteiger partial charge on any atom is 0.234 e. The van der Waals surface area contributed by atoms with Gasteiger partial charge in [-0.15, -0.1) is 11.8 Å². The zero-order chi connectivity index (χ0) is 20.5. The van der Waals surface area contributed by atoms with Crippen LogP contribution in [0.15, 0.2) is 89.8 Å². The van der Waals surface area contributed by atoms with Gasteiger partial charge in [-0.05, 0) is 42.3 Å². The number of aromatic nitrogens is 1. The Bertz CT molecular complexity index is 1230. The van der Waals surface area contributed by atoms with Gasteiger partial charge in [-0.2, -0.15) is 0 Å². The average molecular weight is 409 g/mol. The van der Waals surface area contributed by atoms with Gasteiger partial charge in [0.2, 0.25) is 5.91 Å². The molecule has 30 heavy (non-hydrogen) atoms. The molecule has 0 aliphatic carbocycles. The Hall–Kier alpha value is -3.37. The number of hydrogen-bond acceptors (Lipinski definition) is 3. The smallest absolute Gasteiger partial charge is 0.234 e. The fourth-order valence-corrected chi connectivity index (χ4v) is 4.38. The third-order valence-corrected chi connectivity index (χ3v) is 6.26. The normalized spacial score (nSPS) is 12.9. The molecule has 1 aliphatic heterocycles. The second-order valence-electron chi connectivity index (χ2n) is 7.41. The van der Waals surface area contributed by atoms with Crippen LogP contribution in [-0.4, -0.2) is 16.6 Å². The highest BCUT2D eigenvalue weighted by molar-refractivity contribution is 8.00. The van der Waals surface area contributed by atoms with E-state index in [1.807, 2.05) is 24.3 Å². The van der Waals surface area contributed by atoms with Gasteiger partial charge in [0, 0.05) is 16.0 Å². The maximum absolute atomic E-state index is 11.8. The molecule has 2 heterocycles.